The Morgan fingerprint density at radius 3 is 2.67 bits per heavy atom. The molecule has 0 spiro atoms. The van der Waals surface area contributed by atoms with Crippen LogP contribution in [0.1, 0.15) is 24.8 Å². The van der Waals surface area contributed by atoms with Gasteiger partial charge in [0.2, 0.25) is 0 Å². The maximum absolute atomic E-state index is 11.9. The Morgan fingerprint density at radius 2 is 2.06 bits per heavy atom. The molecule has 3 rings (SSSR count). The second-order valence-corrected chi connectivity index (χ2v) is 6.49. The van der Waals surface area contributed by atoms with E-state index >= 15 is 0 Å². The van der Waals surface area contributed by atoms with E-state index in [9.17, 15) is 8.42 Å². The molecule has 6 heteroatoms. The molecule has 0 atom stereocenters. The number of amidine groups is 1. The molecule has 18 heavy (non-hydrogen) atoms. The average molecular weight is 265 g/mol. The fourth-order valence-corrected chi connectivity index (χ4v) is 3.63. The van der Waals surface area contributed by atoms with Crippen LogP contribution in [-0.4, -0.2) is 26.3 Å². The molecule has 1 aliphatic carbocycles. The fraction of sp³-hybridized carbons (Fsp3) is 0.417. The largest absolute Gasteiger partial charge is 0.328 e. The molecule has 1 aromatic carbocycles. The molecule has 0 amide bonds. The predicted octanol–water partition coefficient (Wildman–Crippen LogP) is 0.607. The van der Waals surface area contributed by atoms with Gasteiger partial charge in [0.1, 0.15) is 5.84 Å². The molecule has 1 aliphatic heterocycles. The van der Waals surface area contributed by atoms with E-state index in [1.165, 1.54) is 0 Å². The van der Waals surface area contributed by atoms with Crippen LogP contribution in [0.5, 0.6) is 0 Å². The lowest BCUT2D eigenvalue weighted by Crippen LogP contribution is -2.44. The number of benzene rings is 1. The zero-order valence-electron chi connectivity index (χ0n) is 9.89. The van der Waals surface area contributed by atoms with Gasteiger partial charge in [0.05, 0.1) is 10.4 Å². The summed E-state index contributed by atoms with van der Waals surface area (Å²) >= 11 is 0. The van der Waals surface area contributed by atoms with Crippen molar-refractivity contribution < 1.29 is 8.42 Å². The molecule has 0 aromatic heterocycles. The number of fused-ring (bicyclic) bond motifs is 1. The number of nitrogens with zero attached hydrogens (tertiary/aromatic N) is 1. The predicted molar refractivity (Wildman–Crippen MR) is 68.9 cm³/mol. The van der Waals surface area contributed by atoms with Crippen molar-refractivity contribution in [1.29, 1.82) is 0 Å². The van der Waals surface area contributed by atoms with Crippen LogP contribution in [0.25, 0.3) is 0 Å². The summed E-state index contributed by atoms with van der Waals surface area (Å²) in [5.41, 5.74) is 6.13. The van der Waals surface area contributed by atoms with Crippen LogP contribution in [0.3, 0.4) is 0 Å². The highest BCUT2D eigenvalue weighted by Crippen LogP contribution is 2.36. The minimum Gasteiger partial charge on any atom is -0.328 e. The summed E-state index contributed by atoms with van der Waals surface area (Å²) in [5, 5.41) is 0. The summed E-state index contributed by atoms with van der Waals surface area (Å²) < 4.78 is 26.4. The number of nitrogens with two attached hydrogens (primary N) is 1. The van der Waals surface area contributed by atoms with Crippen LogP contribution in [0.4, 0.5) is 0 Å². The summed E-state index contributed by atoms with van der Waals surface area (Å²) in [6, 6.07) is 6.89. The highest BCUT2D eigenvalue weighted by Gasteiger charge is 2.38. The molecule has 96 valence electrons. The van der Waals surface area contributed by atoms with Crippen molar-refractivity contribution in [2.75, 3.05) is 6.54 Å². The van der Waals surface area contributed by atoms with Crippen LogP contribution >= 0.6 is 0 Å². The topological polar surface area (TPSA) is 84.5 Å². The third-order valence-electron chi connectivity index (χ3n) is 3.68. The minimum absolute atomic E-state index is 0.269. The third-order valence-corrected chi connectivity index (χ3v) is 5.07. The van der Waals surface area contributed by atoms with Gasteiger partial charge in [-0.1, -0.05) is 12.1 Å². The summed E-state index contributed by atoms with van der Waals surface area (Å²) in [4.78, 5) is 4.87. The van der Waals surface area contributed by atoms with Crippen LogP contribution < -0.4 is 10.5 Å². The first-order valence-corrected chi connectivity index (χ1v) is 7.47. The van der Waals surface area contributed by atoms with Gasteiger partial charge in [0.25, 0.3) is 10.0 Å². The molecule has 0 saturated heterocycles. The first kappa shape index (κ1) is 11.7. The van der Waals surface area contributed by atoms with Gasteiger partial charge in [0, 0.05) is 12.1 Å². The highest BCUT2D eigenvalue weighted by atomic mass is 32.2. The van der Waals surface area contributed by atoms with Gasteiger partial charge in [0.15, 0.2) is 0 Å². The number of sulfonamides is 1. The van der Waals surface area contributed by atoms with E-state index in [-0.39, 0.29) is 5.54 Å². The molecule has 5 nitrogen and oxygen atoms in total. The van der Waals surface area contributed by atoms with E-state index in [2.05, 4.69) is 9.71 Å². The van der Waals surface area contributed by atoms with Crippen LogP contribution in [0.2, 0.25) is 0 Å². The van der Waals surface area contributed by atoms with Crippen molar-refractivity contribution in [3.63, 3.8) is 0 Å². The van der Waals surface area contributed by atoms with Crippen molar-refractivity contribution in [2.24, 2.45) is 10.7 Å². The van der Waals surface area contributed by atoms with E-state index in [4.69, 9.17) is 5.73 Å². The number of rotatable bonds is 2. The molecular formula is C12H15N3O2S. The molecule has 2 aliphatic rings. The molecule has 1 fully saturated rings. The van der Waals surface area contributed by atoms with Crippen molar-refractivity contribution >= 4 is 15.9 Å². The van der Waals surface area contributed by atoms with Gasteiger partial charge in [-0.15, -0.1) is 0 Å². The molecule has 3 N–H and O–H groups in total. The summed E-state index contributed by atoms with van der Waals surface area (Å²) in [5.74, 6) is 0.441. The summed E-state index contributed by atoms with van der Waals surface area (Å²) in [6.07, 6.45) is 2.95. The number of aliphatic imine (C=N–C) groups is 1. The molecule has 1 heterocycles. The lowest BCUT2D eigenvalue weighted by Gasteiger charge is -2.37. The average Bonchev–Trinajstić information content (AvgIpc) is 2.57. The molecule has 1 saturated carbocycles. The van der Waals surface area contributed by atoms with Gasteiger partial charge in [-0.2, -0.15) is 0 Å². The van der Waals surface area contributed by atoms with Gasteiger partial charge in [-0.25, -0.2) is 8.42 Å². The Bertz CT molecular complexity index is 612. The van der Waals surface area contributed by atoms with E-state index < -0.39 is 10.0 Å². The van der Waals surface area contributed by atoms with Crippen LogP contribution in [0, 0.1) is 0 Å². The van der Waals surface area contributed by atoms with Crippen molar-refractivity contribution in [3.8, 4) is 0 Å². The SMILES string of the molecule is NCC1(N=C2NS(=O)(=O)c3ccccc32)CCC1. The van der Waals surface area contributed by atoms with Crippen LogP contribution in [-0.2, 0) is 10.0 Å². The Balaban J connectivity index is 2.09. The minimum atomic E-state index is -3.44. The summed E-state index contributed by atoms with van der Waals surface area (Å²) in [6.45, 7) is 0.459. The Labute approximate surface area is 106 Å². The lowest BCUT2D eigenvalue weighted by atomic mass is 9.77. The first-order chi connectivity index (χ1) is 8.56. The van der Waals surface area contributed by atoms with E-state index in [1.807, 2.05) is 6.07 Å². The van der Waals surface area contributed by atoms with Gasteiger partial charge in [-0.3, -0.25) is 9.71 Å². The van der Waals surface area contributed by atoms with Gasteiger partial charge < -0.3 is 5.73 Å². The van der Waals surface area contributed by atoms with E-state index in [0.717, 1.165) is 19.3 Å². The molecule has 0 bridgehead atoms. The van der Waals surface area contributed by atoms with Gasteiger partial charge in [-0.05, 0) is 31.4 Å². The zero-order chi connectivity index (χ0) is 12.8. The Hall–Kier alpha value is -1.40. The molecule has 0 unspecified atom stereocenters. The smallest absolute Gasteiger partial charge is 0.263 e. The number of hydrogen-bond acceptors (Lipinski definition) is 4. The molecular weight excluding hydrogens is 250 g/mol. The van der Waals surface area contributed by atoms with Crippen LogP contribution in [0.15, 0.2) is 34.2 Å². The lowest BCUT2D eigenvalue weighted by molar-refractivity contribution is 0.261. The van der Waals surface area contributed by atoms with E-state index in [0.29, 0.717) is 22.8 Å². The Kier molecular flexibility index (Phi) is 2.46. The monoisotopic (exact) mass is 265 g/mol. The quantitative estimate of drug-likeness (QED) is 0.821. The zero-order valence-corrected chi connectivity index (χ0v) is 10.7. The maximum atomic E-state index is 11.9. The molecule has 0 radical (unpaired) electrons. The second-order valence-electron chi connectivity index (χ2n) is 4.84. The van der Waals surface area contributed by atoms with E-state index in [1.54, 1.807) is 18.2 Å². The molecule has 1 aromatic rings. The van der Waals surface area contributed by atoms with Gasteiger partial charge >= 0.3 is 0 Å². The second kappa shape index (κ2) is 3.80. The van der Waals surface area contributed by atoms with Crippen molar-refractivity contribution in [1.82, 2.24) is 4.72 Å². The number of nitrogens with one attached hydrogen (secondary N) is 1. The Morgan fingerprint density at radius 1 is 1.33 bits per heavy atom. The normalized spacial score (nSPS) is 25.3. The van der Waals surface area contributed by atoms with Crippen molar-refractivity contribution in [3.05, 3.63) is 29.8 Å². The summed E-state index contributed by atoms with van der Waals surface area (Å²) in [7, 11) is -3.44. The number of hydrogen-bond donors (Lipinski definition) is 2. The fourth-order valence-electron chi connectivity index (χ4n) is 2.40. The van der Waals surface area contributed by atoms with Crippen molar-refractivity contribution in [2.45, 2.75) is 29.7 Å². The highest BCUT2D eigenvalue weighted by molar-refractivity contribution is 7.90. The maximum Gasteiger partial charge on any atom is 0.263 e. The first-order valence-electron chi connectivity index (χ1n) is 5.99. The third kappa shape index (κ3) is 1.64. The standard InChI is InChI=1S/C12H15N3O2S/c13-8-12(6-3-7-12)14-11-9-4-1-2-5-10(9)18(16,17)15-11/h1-2,4-5H,3,6-8,13H2,(H,14,15).